The summed E-state index contributed by atoms with van der Waals surface area (Å²) >= 11 is 0. The molecule has 0 N–H and O–H groups in total. The maximum absolute atomic E-state index is 12.6. The van der Waals surface area contributed by atoms with E-state index < -0.39 is 11.7 Å². The number of benzene rings is 1. The van der Waals surface area contributed by atoms with E-state index >= 15 is 0 Å². The van der Waals surface area contributed by atoms with Gasteiger partial charge in [-0.3, -0.25) is 4.79 Å². The predicted octanol–water partition coefficient (Wildman–Crippen LogP) is 2.86. The number of piperazine rings is 1. The van der Waals surface area contributed by atoms with Crippen molar-refractivity contribution < 1.29 is 22.7 Å². The Bertz CT molecular complexity index is 771. The summed E-state index contributed by atoms with van der Waals surface area (Å²) < 4.78 is 43.1. The largest absolute Gasteiger partial charge is 0.477 e. The molecule has 1 aromatic heterocycles. The molecule has 2 aromatic rings. The monoisotopic (exact) mass is 380 g/mol. The molecule has 9 heteroatoms. The SMILES string of the molecule is CCOc1ccc(N2CCN(C(=O)c3ccc(C(F)(F)F)cc3)CC2)nn1. The van der Waals surface area contributed by atoms with Crippen molar-refractivity contribution in [2.75, 3.05) is 37.7 Å². The first-order valence-electron chi connectivity index (χ1n) is 8.56. The number of carbonyl (C=O) groups excluding carboxylic acids is 1. The molecule has 1 aromatic carbocycles. The molecule has 1 aliphatic heterocycles. The number of hydrogen-bond donors (Lipinski definition) is 0. The highest BCUT2D eigenvalue weighted by Gasteiger charge is 2.30. The zero-order chi connectivity index (χ0) is 19.4. The van der Waals surface area contributed by atoms with Crippen LogP contribution in [-0.2, 0) is 6.18 Å². The Balaban J connectivity index is 1.59. The maximum Gasteiger partial charge on any atom is 0.416 e. The zero-order valence-electron chi connectivity index (χ0n) is 14.7. The summed E-state index contributed by atoms with van der Waals surface area (Å²) in [5, 5.41) is 8.11. The fraction of sp³-hybridized carbons (Fsp3) is 0.389. The summed E-state index contributed by atoms with van der Waals surface area (Å²) in [6.45, 7) is 4.41. The van der Waals surface area contributed by atoms with Gasteiger partial charge in [0.05, 0.1) is 12.2 Å². The van der Waals surface area contributed by atoms with E-state index in [0.717, 1.165) is 12.1 Å². The topological polar surface area (TPSA) is 58.6 Å². The van der Waals surface area contributed by atoms with E-state index in [9.17, 15) is 18.0 Å². The van der Waals surface area contributed by atoms with Crippen molar-refractivity contribution in [3.63, 3.8) is 0 Å². The molecule has 0 atom stereocenters. The molecule has 27 heavy (non-hydrogen) atoms. The van der Waals surface area contributed by atoms with Crippen LogP contribution >= 0.6 is 0 Å². The number of alkyl halides is 3. The second kappa shape index (κ2) is 7.81. The molecular weight excluding hydrogens is 361 g/mol. The fourth-order valence-electron chi connectivity index (χ4n) is 2.83. The number of halogens is 3. The van der Waals surface area contributed by atoms with Crippen molar-refractivity contribution in [2.24, 2.45) is 0 Å². The number of hydrogen-bond acceptors (Lipinski definition) is 5. The first kappa shape index (κ1) is 18.9. The van der Waals surface area contributed by atoms with Gasteiger partial charge in [-0.2, -0.15) is 13.2 Å². The van der Waals surface area contributed by atoms with Gasteiger partial charge in [-0.1, -0.05) is 0 Å². The van der Waals surface area contributed by atoms with E-state index in [1.807, 2.05) is 17.9 Å². The number of aromatic nitrogens is 2. The number of carbonyl (C=O) groups is 1. The highest BCUT2D eigenvalue weighted by molar-refractivity contribution is 5.94. The number of amides is 1. The zero-order valence-corrected chi connectivity index (χ0v) is 14.7. The quantitative estimate of drug-likeness (QED) is 0.816. The first-order valence-corrected chi connectivity index (χ1v) is 8.56. The van der Waals surface area contributed by atoms with Crippen LogP contribution in [0.15, 0.2) is 36.4 Å². The van der Waals surface area contributed by atoms with Crippen molar-refractivity contribution in [1.29, 1.82) is 0 Å². The average Bonchev–Trinajstić information content (AvgIpc) is 2.68. The minimum absolute atomic E-state index is 0.248. The van der Waals surface area contributed by atoms with Gasteiger partial charge >= 0.3 is 6.18 Å². The lowest BCUT2D eigenvalue weighted by Crippen LogP contribution is -2.49. The molecule has 1 aliphatic rings. The van der Waals surface area contributed by atoms with Crippen LogP contribution < -0.4 is 9.64 Å². The highest BCUT2D eigenvalue weighted by atomic mass is 19.4. The van der Waals surface area contributed by atoms with Crippen molar-refractivity contribution in [3.8, 4) is 5.88 Å². The van der Waals surface area contributed by atoms with Crippen LogP contribution in [0, 0.1) is 0 Å². The molecule has 0 spiro atoms. The normalized spacial score (nSPS) is 15.0. The molecule has 0 unspecified atom stereocenters. The van der Waals surface area contributed by atoms with Gasteiger partial charge in [0, 0.05) is 37.8 Å². The van der Waals surface area contributed by atoms with Crippen LogP contribution in [0.4, 0.5) is 19.0 Å². The van der Waals surface area contributed by atoms with Crippen LogP contribution in [0.1, 0.15) is 22.8 Å². The lowest BCUT2D eigenvalue weighted by molar-refractivity contribution is -0.137. The third-order valence-electron chi connectivity index (χ3n) is 4.27. The van der Waals surface area contributed by atoms with Crippen molar-refractivity contribution >= 4 is 11.7 Å². The van der Waals surface area contributed by atoms with Crippen LogP contribution in [0.2, 0.25) is 0 Å². The third kappa shape index (κ3) is 4.47. The summed E-state index contributed by atoms with van der Waals surface area (Å²) in [4.78, 5) is 16.1. The Morgan fingerprint density at radius 2 is 1.70 bits per heavy atom. The van der Waals surface area contributed by atoms with Gasteiger partial charge in [0.1, 0.15) is 0 Å². The molecule has 6 nitrogen and oxygen atoms in total. The van der Waals surface area contributed by atoms with Crippen molar-refractivity contribution in [2.45, 2.75) is 13.1 Å². The molecule has 1 amide bonds. The molecule has 2 heterocycles. The molecular formula is C18H19F3N4O2. The van der Waals surface area contributed by atoms with Crippen molar-refractivity contribution in [1.82, 2.24) is 15.1 Å². The van der Waals surface area contributed by atoms with E-state index in [4.69, 9.17) is 4.74 Å². The minimum atomic E-state index is -4.41. The van der Waals surface area contributed by atoms with E-state index in [2.05, 4.69) is 10.2 Å². The predicted molar refractivity (Wildman–Crippen MR) is 92.8 cm³/mol. The van der Waals surface area contributed by atoms with Gasteiger partial charge in [0.2, 0.25) is 5.88 Å². The fourth-order valence-corrected chi connectivity index (χ4v) is 2.83. The lowest BCUT2D eigenvalue weighted by Gasteiger charge is -2.35. The van der Waals surface area contributed by atoms with Crippen molar-refractivity contribution in [3.05, 3.63) is 47.5 Å². The Morgan fingerprint density at radius 1 is 1.04 bits per heavy atom. The molecule has 0 aliphatic carbocycles. The lowest BCUT2D eigenvalue weighted by atomic mass is 10.1. The number of nitrogens with zero attached hydrogens (tertiary/aromatic N) is 4. The first-order chi connectivity index (χ1) is 12.9. The van der Waals surface area contributed by atoms with E-state index in [1.165, 1.54) is 12.1 Å². The van der Waals surface area contributed by atoms with Crippen LogP contribution in [0.25, 0.3) is 0 Å². The number of anilines is 1. The number of rotatable bonds is 4. The van der Waals surface area contributed by atoms with Gasteiger partial charge in [-0.15, -0.1) is 10.2 Å². The Morgan fingerprint density at radius 3 is 2.22 bits per heavy atom. The molecule has 3 rings (SSSR count). The third-order valence-corrected chi connectivity index (χ3v) is 4.27. The van der Waals surface area contributed by atoms with E-state index in [1.54, 1.807) is 11.0 Å². The van der Waals surface area contributed by atoms with Gasteiger partial charge in [0.25, 0.3) is 5.91 Å². The maximum atomic E-state index is 12.6. The summed E-state index contributed by atoms with van der Waals surface area (Å²) in [5.41, 5.74) is -0.518. The Labute approximate surface area is 154 Å². The second-order valence-electron chi connectivity index (χ2n) is 6.02. The van der Waals surface area contributed by atoms with Crippen LogP contribution in [-0.4, -0.2) is 53.8 Å². The van der Waals surface area contributed by atoms with Gasteiger partial charge in [0.15, 0.2) is 5.82 Å². The average molecular weight is 380 g/mol. The van der Waals surface area contributed by atoms with Gasteiger partial charge in [-0.25, -0.2) is 0 Å². The van der Waals surface area contributed by atoms with Gasteiger partial charge < -0.3 is 14.5 Å². The van der Waals surface area contributed by atoms with Crippen LogP contribution in [0.3, 0.4) is 0 Å². The molecule has 0 radical (unpaired) electrons. The summed E-state index contributed by atoms with van der Waals surface area (Å²) in [5.74, 6) is 0.874. The molecule has 1 fully saturated rings. The van der Waals surface area contributed by atoms with E-state index in [0.29, 0.717) is 44.5 Å². The summed E-state index contributed by atoms with van der Waals surface area (Å²) in [7, 11) is 0. The summed E-state index contributed by atoms with van der Waals surface area (Å²) in [6, 6.07) is 7.85. The minimum Gasteiger partial charge on any atom is -0.477 e. The van der Waals surface area contributed by atoms with Crippen LogP contribution in [0.5, 0.6) is 5.88 Å². The molecule has 0 bridgehead atoms. The molecule has 144 valence electrons. The summed E-state index contributed by atoms with van der Waals surface area (Å²) in [6.07, 6.45) is -4.41. The van der Waals surface area contributed by atoms with E-state index in [-0.39, 0.29) is 11.5 Å². The molecule has 1 saturated heterocycles. The smallest absolute Gasteiger partial charge is 0.416 e. The highest BCUT2D eigenvalue weighted by Crippen LogP contribution is 2.29. The van der Waals surface area contributed by atoms with Gasteiger partial charge in [-0.05, 0) is 37.3 Å². The Hall–Kier alpha value is -2.84. The second-order valence-corrected chi connectivity index (χ2v) is 6.02. The standard InChI is InChI=1S/C18H19F3N4O2/c1-2-27-16-8-7-15(22-23-16)24-9-11-25(12-10-24)17(26)13-3-5-14(6-4-13)18(19,20)21/h3-8H,2,9-12H2,1H3. The number of ether oxygens (including phenoxy) is 1. The molecule has 0 saturated carbocycles. The Kier molecular flexibility index (Phi) is 5.48.